The lowest BCUT2D eigenvalue weighted by atomic mass is 9.90. The van der Waals surface area contributed by atoms with Gasteiger partial charge in [0.25, 0.3) is 0 Å². The van der Waals surface area contributed by atoms with E-state index in [0.29, 0.717) is 6.54 Å². The van der Waals surface area contributed by atoms with E-state index >= 15 is 0 Å². The summed E-state index contributed by atoms with van der Waals surface area (Å²) in [5.41, 5.74) is 6.90. The van der Waals surface area contributed by atoms with Crippen LogP contribution in [-0.4, -0.2) is 30.4 Å². The van der Waals surface area contributed by atoms with Crippen molar-refractivity contribution in [1.29, 1.82) is 0 Å². The van der Waals surface area contributed by atoms with Gasteiger partial charge in [0.05, 0.1) is 5.92 Å². The van der Waals surface area contributed by atoms with Crippen LogP contribution in [0.1, 0.15) is 52.0 Å². The maximum Gasteiger partial charge on any atom is 0.230 e. The Bertz CT molecular complexity index is 428. The summed E-state index contributed by atoms with van der Waals surface area (Å²) in [6.45, 7) is 10.5. The zero-order valence-electron chi connectivity index (χ0n) is 13.9. The van der Waals surface area contributed by atoms with Crippen molar-refractivity contribution in [2.45, 2.75) is 46.5 Å². The average Bonchev–Trinajstić information content (AvgIpc) is 2.48. The van der Waals surface area contributed by atoms with Gasteiger partial charge in [-0.25, -0.2) is 0 Å². The fourth-order valence-electron chi connectivity index (χ4n) is 2.58. The zero-order valence-corrected chi connectivity index (χ0v) is 13.9. The summed E-state index contributed by atoms with van der Waals surface area (Å²) < 4.78 is 0. The molecule has 1 aromatic carbocycles. The van der Waals surface area contributed by atoms with E-state index in [1.807, 2.05) is 35.2 Å². The molecule has 0 aliphatic carbocycles. The largest absolute Gasteiger partial charge is 0.342 e. The molecule has 1 rings (SSSR count). The molecule has 3 heteroatoms. The minimum Gasteiger partial charge on any atom is -0.342 e. The van der Waals surface area contributed by atoms with Crippen LogP contribution in [0, 0.1) is 5.41 Å². The second-order valence-electron chi connectivity index (χ2n) is 6.50. The molecule has 0 radical (unpaired) electrons. The van der Waals surface area contributed by atoms with Gasteiger partial charge in [0, 0.05) is 13.1 Å². The molecule has 0 saturated heterocycles. The van der Waals surface area contributed by atoms with Gasteiger partial charge in [0.15, 0.2) is 0 Å². The van der Waals surface area contributed by atoms with Crippen molar-refractivity contribution in [3.63, 3.8) is 0 Å². The molecule has 0 saturated carbocycles. The van der Waals surface area contributed by atoms with E-state index < -0.39 is 0 Å². The normalized spacial score (nSPS) is 13.0. The van der Waals surface area contributed by atoms with E-state index in [9.17, 15) is 4.79 Å². The number of rotatable bonds is 8. The Morgan fingerprint density at radius 1 is 1.24 bits per heavy atom. The maximum atomic E-state index is 12.9. The van der Waals surface area contributed by atoms with Gasteiger partial charge >= 0.3 is 0 Å². The van der Waals surface area contributed by atoms with Crippen molar-refractivity contribution in [3.05, 3.63) is 35.9 Å². The first kappa shape index (κ1) is 17.7. The molecule has 21 heavy (non-hydrogen) atoms. The summed E-state index contributed by atoms with van der Waals surface area (Å²) in [5, 5.41) is 0. The van der Waals surface area contributed by atoms with Crippen molar-refractivity contribution in [2.75, 3.05) is 19.6 Å². The van der Waals surface area contributed by atoms with E-state index in [2.05, 4.69) is 27.7 Å². The standard InChI is InChI=1S/C18H30N2O/c1-5-12-20(14-18(3,4)13-19)17(21)16(6-2)15-10-8-7-9-11-15/h7-11,16H,5-6,12-14,19H2,1-4H3. The fraction of sp³-hybridized carbons (Fsp3) is 0.611. The Labute approximate surface area is 129 Å². The van der Waals surface area contributed by atoms with Crippen LogP contribution in [0.3, 0.4) is 0 Å². The number of carbonyl (C=O) groups is 1. The predicted octanol–water partition coefficient (Wildman–Crippen LogP) is 3.40. The third-order valence-corrected chi connectivity index (χ3v) is 3.88. The molecule has 0 heterocycles. The Hall–Kier alpha value is -1.35. The smallest absolute Gasteiger partial charge is 0.230 e. The minimum absolute atomic E-state index is 0.0419. The zero-order chi connectivity index (χ0) is 15.9. The quantitative estimate of drug-likeness (QED) is 0.797. The molecule has 0 spiro atoms. The van der Waals surface area contributed by atoms with Gasteiger partial charge < -0.3 is 10.6 Å². The highest BCUT2D eigenvalue weighted by Crippen LogP contribution is 2.24. The van der Waals surface area contributed by atoms with Crippen molar-refractivity contribution < 1.29 is 4.79 Å². The molecule has 1 atom stereocenters. The molecule has 0 aromatic heterocycles. The number of benzene rings is 1. The number of amides is 1. The first-order valence-corrected chi connectivity index (χ1v) is 7.99. The number of hydrogen-bond donors (Lipinski definition) is 1. The molecule has 1 amide bonds. The van der Waals surface area contributed by atoms with Gasteiger partial charge in [-0.2, -0.15) is 0 Å². The van der Waals surface area contributed by atoms with Crippen molar-refractivity contribution in [1.82, 2.24) is 4.90 Å². The monoisotopic (exact) mass is 290 g/mol. The molecule has 1 aromatic rings. The third kappa shape index (κ3) is 5.16. The maximum absolute atomic E-state index is 12.9. The van der Waals surface area contributed by atoms with Crippen LogP contribution in [0.25, 0.3) is 0 Å². The first-order valence-electron chi connectivity index (χ1n) is 7.99. The van der Waals surface area contributed by atoms with Crippen molar-refractivity contribution >= 4 is 5.91 Å². The number of nitrogens with zero attached hydrogens (tertiary/aromatic N) is 1. The molecule has 0 bridgehead atoms. The molecular weight excluding hydrogens is 260 g/mol. The summed E-state index contributed by atoms with van der Waals surface area (Å²) in [5.74, 6) is 0.179. The Morgan fingerprint density at radius 2 is 1.86 bits per heavy atom. The molecular formula is C18H30N2O. The van der Waals surface area contributed by atoms with Crippen LogP contribution in [0.15, 0.2) is 30.3 Å². The highest BCUT2D eigenvalue weighted by atomic mass is 16.2. The molecule has 0 aliphatic heterocycles. The lowest BCUT2D eigenvalue weighted by Crippen LogP contribution is -2.44. The number of carbonyl (C=O) groups excluding carboxylic acids is 1. The summed E-state index contributed by atoms with van der Waals surface area (Å²) in [4.78, 5) is 14.9. The highest BCUT2D eigenvalue weighted by molar-refractivity contribution is 5.83. The SMILES string of the molecule is CCCN(CC(C)(C)CN)C(=O)C(CC)c1ccccc1. The second-order valence-corrected chi connectivity index (χ2v) is 6.50. The van der Waals surface area contributed by atoms with Crippen LogP contribution in [0.2, 0.25) is 0 Å². The topological polar surface area (TPSA) is 46.3 Å². The highest BCUT2D eigenvalue weighted by Gasteiger charge is 2.28. The molecule has 2 N–H and O–H groups in total. The first-order chi connectivity index (χ1) is 9.95. The third-order valence-electron chi connectivity index (χ3n) is 3.88. The summed E-state index contributed by atoms with van der Waals surface area (Å²) in [6, 6.07) is 10.1. The fourth-order valence-corrected chi connectivity index (χ4v) is 2.58. The second kappa shape index (κ2) is 8.18. The van der Waals surface area contributed by atoms with Crippen LogP contribution >= 0.6 is 0 Å². The average molecular weight is 290 g/mol. The van der Waals surface area contributed by atoms with Gasteiger partial charge in [-0.3, -0.25) is 4.79 Å². The van der Waals surface area contributed by atoms with E-state index in [4.69, 9.17) is 5.73 Å². The molecule has 1 unspecified atom stereocenters. The molecule has 3 nitrogen and oxygen atoms in total. The Balaban J connectivity index is 2.93. The van der Waals surface area contributed by atoms with E-state index in [0.717, 1.165) is 31.5 Å². The van der Waals surface area contributed by atoms with Crippen molar-refractivity contribution in [3.8, 4) is 0 Å². The lowest BCUT2D eigenvalue weighted by molar-refractivity contribution is -0.134. The lowest BCUT2D eigenvalue weighted by Gasteiger charge is -2.34. The van der Waals surface area contributed by atoms with Gasteiger partial charge in [-0.1, -0.05) is 58.0 Å². The van der Waals surface area contributed by atoms with E-state index in [-0.39, 0.29) is 17.2 Å². The summed E-state index contributed by atoms with van der Waals surface area (Å²) >= 11 is 0. The van der Waals surface area contributed by atoms with Gasteiger partial charge in [0.2, 0.25) is 5.91 Å². The minimum atomic E-state index is -0.0497. The number of nitrogens with two attached hydrogens (primary N) is 1. The van der Waals surface area contributed by atoms with Gasteiger partial charge in [-0.15, -0.1) is 0 Å². The van der Waals surface area contributed by atoms with Gasteiger partial charge in [0.1, 0.15) is 0 Å². The Kier molecular flexibility index (Phi) is 6.90. The molecule has 0 aliphatic rings. The molecule has 0 fully saturated rings. The summed E-state index contributed by atoms with van der Waals surface area (Å²) in [6.07, 6.45) is 1.80. The van der Waals surface area contributed by atoms with E-state index in [1.165, 1.54) is 0 Å². The van der Waals surface area contributed by atoms with E-state index in [1.54, 1.807) is 0 Å². The van der Waals surface area contributed by atoms with Crippen LogP contribution in [-0.2, 0) is 4.79 Å². The van der Waals surface area contributed by atoms with Crippen LogP contribution in [0.5, 0.6) is 0 Å². The van der Waals surface area contributed by atoms with Crippen LogP contribution in [0.4, 0.5) is 0 Å². The Morgan fingerprint density at radius 3 is 2.33 bits per heavy atom. The summed E-state index contributed by atoms with van der Waals surface area (Å²) in [7, 11) is 0. The van der Waals surface area contributed by atoms with Gasteiger partial charge in [-0.05, 0) is 30.4 Å². The van der Waals surface area contributed by atoms with Crippen molar-refractivity contribution in [2.24, 2.45) is 11.1 Å². The predicted molar refractivity (Wildman–Crippen MR) is 89.2 cm³/mol. The number of hydrogen-bond acceptors (Lipinski definition) is 2. The van der Waals surface area contributed by atoms with Crippen LogP contribution < -0.4 is 5.73 Å². The molecule has 118 valence electrons.